The molecule has 1 aliphatic heterocycles. The van der Waals surface area contributed by atoms with E-state index in [0.717, 1.165) is 12.7 Å². The van der Waals surface area contributed by atoms with Crippen LogP contribution >= 0.6 is 0 Å². The van der Waals surface area contributed by atoms with Crippen molar-refractivity contribution in [2.75, 3.05) is 14.2 Å². The van der Waals surface area contributed by atoms with E-state index in [1.54, 1.807) is 31.2 Å². The third-order valence-corrected chi connectivity index (χ3v) is 7.65. The SMILES string of the molecule is COC(=O)N1C(=O)[C@H]2[C@H](CC=C3[C@H](C=Cc4ccc(O)c(OC)c4)C4=C(C[C@H]32)C(=O)C(C)=CC4=O)C1=O. The summed E-state index contributed by atoms with van der Waals surface area (Å²) in [7, 11) is 2.54. The fraction of sp³-hybridized carbons (Fsp3) is 0.321. The minimum Gasteiger partial charge on any atom is -0.504 e. The minimum atomic E-state index is -1.03. The van der Waals surface area contributed by atoms with Gasteiger partial charge in [0.2, 0.25) is 11.8 Å². The summed E-state index contributed by atoms with van der Waals surface area (Å²) in [5.74, 6) is -4.23. The normalized spacial score (nSPS) is 27.1. The largest absolute Gasteiger partial charge is 0.504 e. The number of likely N-dealkylation sites (tertiary alicyclic amines) is 1. The van der Waals surface area contributed by atoms with Crippen molar-refractivity contribution in [3.63, 3.8) is 0 Å². The van der Waals surface area contributed by atoms with Crippen LogP contribution in [0.3, 0.4) is 0 Å². The van der Waals surface area contributed by atoms with Gasteiger partial charge < -0.3 is 14.6 Å². The molecule has 0 saturated carbocycles. The standard InChI is InChI=1S/C28H25NO8/c1-13-10-21(31)23-16(6-4-14-5-9-20(30)22(11-14)36-2)15-7-8-17-24(18(15)12-19(23)25(13)32)27(34)29(26(17)33)28(35)37-3/h4-7,9-11,16-18,24,30H,8,12H2,1-3H3/t16-,17-,18+,24-/m0/s1. The molecule has 190 valence electrons. The zero-order valence-corrected chi connectivity index (χ0v) is 20.5. The van der Waals surface area contributed by atoms with Gasteiger partial charge in [-0.15, -0.1) is 0 Å². The highest BCUT2D eigenvalue weighted by Gasteiger charge is 2.57. The van der Waals surface area contributed by atoms with E-state index in [1.807, 2.05) is 6.08 Å². The number of phenolic OH excluding ortho intramolecular Hbond substituents is 1. The Bertz CT molecular complexity index is 1390. The zero-order valence-electron chi connectivity index (χ0n) is 20.5. The van der Waals surface area contributed by atoms with E-state index in [9.17, 15) is 29.1 Å². The second-order valence-electron chi connectivity index (χ2n) is 9.55. The lowest BCUT2D eigenvalue weighted by Crippen LogP contribution is -2.40. The average Bonchev–Trinajstić information content (AvgIpc) is 3.15. The number of hydrogen-bond acceptors (Lipinski definition) is 8. The van der Waals surface area contributed by atoms with Crippen molar-refractivity contribution in [2.24, 2.45) is 23.7 Å². The molecular formula is C28H25NO8. The van der Waals surface area contributed by atoms with Gasteiger partial charge >= 0.3 is 6.09 Å². The molecule has 0 spiro atoms. The maximum Gasteiger partial charge on any atom is 0.423 e. The van der Waals surface area contributed by atoms with E-state index in [1.165, 1.54) is 19.3 Å². The van der Waals surface area contributed by atoms with Crippen molar-refractivity contribution in [1.82, 2.24) is 4.90 Å². The number of imide groups is 3. The summed E-state index contributed by atoms with van der Waals surface area (Å²) in [6.07, 6.45) is 6.07. The van der Waals surface area contributed by atoms with Crippen molar-refractivity contribution < 1.29 is 38.6 Å². The predicted octanol–water partition coefficient (Wildman–Crippen LogP) is 3.14. The number of fused-ring (bicyclic) bond motifs is 3. The maximum absolute atomic E-state index is 13.3. The van der Waals surface area contributed by atoms with Gasteiger partial charge in [-0.05, 0) is 49.5 Å². The lowest BCUT2D eigenvalue weighted by Gasteiger charge is -2.41. The molecule has 1 aromatic carbocycles. The number of amides is 3. The maximum atomic E-state index is 13.3. The van der Waals surface area contributed by atoms with E-state index in [2.05, 4.69) is 4.74 Å². The number of allylic oxidation sites excluding steroid dienone is 7. The molecule has 37 heavy (non-hydrogen) atoms. The Morgan fingerprint density at radius 2 is 1.86 bits per heavy atom. The van der Waals surface area contributed by atoms with Gasteiger partial charge in [0.1, 0.15) is 0 Å². The molecule has 0 bridgehead atoms. The smallest absolute Gasteiger partial charge is 0.423 e. The summed E-state index contributed by atoms with van der Waals surface area (Å²) in [6, 6.07) is 4.81. The minimum absolute atomic E-state index is 0.0170. The molecule has 3 aliphatic carbocycles. The Kier molecular flexibility index (Phi) is 5.94. The number of ether oxygens (including phenoxy) is 2. The van der Waals surface area contributed by atoms with E-state index in [-0.39, 0.29) is 35.9 Å². The number of carbonyl (C=O) groups excluding carboxylic acids is 5. The molecule has 1 fully saturated rings. The number of ketones is 2. The van der Waals surface area contributed by atoms with Crippen LogP contribution in [0, 0.1) is 23.7 Å². The van der Waals surface area contributed by atoms with E-state index in [4.69, 9.17) is 4.74 Å². The first-order valence-electron chi connectivity index (χ1n) is 11.9. The lowest BCUT2D eigenvalue weighted by atomic mass is 9.60. The quantitative estimate of drug-likeness (QED) is 0.379. The summed E-state index contributed by atoms with van der Waals surface area (Å²) < 4.78 is 9.83. The van der Waals surface area contributed by atoms with Crippen LogP contribution in [0.1, 0.15) is 25.3 Å². The van der Waals surface area contributed by atoms with Crippen molar-refractivity contribution in [1.29, 1.82) is 0 Å². The number of benzene rings is 1. The molecule has 3 amide bonds. The third-order valence-electron chi connectivity index (χ3n) is 7.65. The summed E-state index contributed by atoms with van der Waals surface area (Å²) in [5.41, 5.74) is 2.48. The molecule has 1 heterocycles. The van der Waals surface area contributed by atoms with Crippen molar-refractivity contribution in [2.45, 2.75) is 19.8 Å². The molecule has 1 aromatic rings. The van der Waals surface area contributed by atoms with Crippen molar-refractivity contribution >= 4 is 35.6 Å². The molecule has 0 aromatic heterocycles. The topological polar surface area (TPSA) is 127 Å². The molecule has 9 heteroatoms. The van der Waals surface area contributed by atoms with E-state index < -0.39 is 41.6 Å². The van der Waals surface area contributed by atoms with Crippen LogP contribution in [-0.4, -0.2) is 53.7 Å². The Balaban J connectivity index is 1.60. The number of nitrogens with zero attached hydrogens (tertiary/aromatic N) is 1. The summed E-state index contributed by atoms with van der Waals surface area (Å²) in [6.45, 7) is 1.58. The summed E-state index contributed by atoms with van der Waals surface area (Å²) in [5, 5.41) is 9.91. The molecule has 5 rings (SSSR count). The van der Waals surface area contributed by atoms with Crippen LogP contribution in [0.4, 0.5) is 4.79 Å². The highest BCUT2D eigenvalue weighted by Crippen LogP contribution is 2.52. The Morgan fingerprint density at radius 1 is 1.11 bits per heavy atom. The van der Waals surface area contributed by atoms with E-state index in [0.29, 0.717) is 27.2 Å². The zero-order chi connectivity index (χ0) is 26.6. The molecule has 1 saturated heterocycles. The van der Waals surface area contributed by atoms with Gasteiger partial charge in [0.05, 0.1) is 26.1 Å². The molecule has 1 N–H and O–H groups in total. The molecule has 0 radical (unpaired) electrons. The van der Waals surface area contributed by atoms with Gasteiger partial charge in [-0.2, -0.15) is 4.90 Å². The monoisotopic (exact) mass is 503 g/mol. The summed E-state index contributed by atoms with van der Waals surface area (Å²) >= 11 is 0. The van der Waals surface area contributed by atoms with Crippen LogP contribution in [0.25, 0.3) is 6.08 Å². The first kappa shape index (κ1) is 24.4. The average molecular weight is 504 g/mol. The van der Waals surface area contributed by atoms with Crippen LogP contribution in [0.5, 0.6) is 11.5 Å². The molecular weight excluding hydrogens is 478 g/mol. The molecule has 4 aliphatic rings. The predicted molar refractivity (Wildman–Crippen MR) is 130 cm³/mol. The first-order chi connectivity index (χ1) is 17.7. The Labute approximate surface area is 212 Å². The molecule has 4 atom stereocenters. The number of phenols is 1. The van der Waals surface area contributed by atoms with Gasteiger partial charge in [-0.25, -0.2) is 4.79 Å². The van der Waals surface area contributed by atoms with Gasteiger partial charge in [0.15, 0.2) is 23.1 Å². The van der Waals surface area contributed by atoms with Crippen LogP contribution in [-0.2, 0) is 23.9 Å². The van der Waals surface area contributed by atoms with Crippen molar-refractivity contribution in [3.8, 4) is 11.5 Å². The Morgan fingerprint density at radius 3 is 2.57 bits per heavy atom. The summed E-state index contributed by atoms with van der Waals surface area (Å²) in [4.78, 5) is 65.3. The van der Waals surface area contributed by atoms with Gasteiger partial charge in [0, 0.05) is 22.6 Å². The van der Waals surface area contributed by atoms with Crippen molar-refractivity contribution in [3.05, 3.63) is 64.3 Å². The third kappa shape index (κ3) is 3.73. The lowest BCUT2D eigenvalue weighted by molar-refractivity contribution is -0.137. The van der Waals surface area contributed by atoms with Crippen LogP contribution in [0.2, 0.25) is 0 Å². The van der Waals surface area contributed by atoms with Gasteiger partial charge in [0.25, 0.3) is 0 Å². The number of aromatic hydroxyl groups is 1. The highest BCUT2D eigenvalue weighted by molar-refractivity contribution is 6.23. The van der Waals surface area contributed by atoms with E-state index >= 15 is 0 Å². The number of rotatable bonds is 3. The Hall–Kier alpha value is -4.27. The number of hydrogen-bond donors (Lipinski definition) is 1. The first-order valence-corrected chi connectivity index (χ1v) is 11.9. The highest BCUT2D eigenvalue weighted by atomic mass is 16.5. The van der Waals surface area contributed by atoms with Gasteiger partial charge in [-0.1, -0.05) is 29.9 Å². The fourth-order valence-corrected chi connectivity index (χ4v) is 5.94. The number of carbonyl (C=O) groups is 5. The van der Waals surface area contributed by atoms with Crippen LogP contribution < -0.4 is 4.74 Å². The second kappa shape index (κ2) is 8.99. The fourth-order valence-electron chi connectivity index (χ4n) is 5.94. The number of methoxy groups -OCH3 is 2. The second-order valence-corrected chi connectivity index (χ2v) is 9.55. The van der Waals surface area contributed by atoms with Crippen LogP contribution in [0.15, 0.2) is 58.7 Å². The van der Waals surface area contributed by atoms with Gasteiger partial charge in [-0.3, -0.25) is 19.2 Å². The molecule has 0 unspecified atom stereocenters. The molecule has 9 nitrogen and oxygen atoms in total. The number of Topliss-reactive ketones (excluding diaryl/α,β-unsaturated/α-hetero) is 1.